The number of hydrogen-bond acceptors (Lipinski definition) is 5. The molecule has 1 aliphatic rings. The maximum atomic E-state index is 11.6. The molecule has 1 rings (SSSR count). The van der Waals surface area contributed by atoms with Crippen molar-refractivity contribution in [1.29, 1.82) is 0 Å². The smallest absolute Gasteiger partial charge is 0.203 e. The third-order valence-electron chi connectivity index (χ3n) is 1.84. The first-order chi connectivity index (χ1) is 5.83. The van der Waals surface area contributed by atoms with E-state index in [0.29, 0.717) is 0 Å². The molecule has 0 bridgehead atoms. The summed E-state index contributed by atoms with van der Waals surface area (Å²) in [7, 11) is 0. The predicted molar refractivity (Wildman–Crippen MR) is 48.7 cm³/mol. The zero-order valence-electron chi connectivity index (χ0n) is 8.13. The summed E-state index contributed by atoms with van der Waals surface area (Å²) in [4.78, 5) is 20.1. The van der Waals surface area contributed by atoms with Gasteiger partial charge in [-0.15, -0.1) is 5.48 Å². The third-order valence-corrected chi connectivity index (χ3v) is 1.84. The Bertz CT molecular complexity index is 244. The molecule has 74 valence electrons. The molecule has 0 aromatic carbocycles. The molecular weight excluding hydrogens is 170 g/mol. The van der Waals surface area contributed by atoms with Gasteiger partial charge in [-0.2, -0.15) is 0 Å². The van der Waals surface area contributed by atoms with Crippen molar-refractivity contribution in [3.63, 3.8) is 0 Å². The number of aliphatic imine (C=N–C) groups is 1. The number of nitrogens with one attached hydrogen (secondary N) is 1. The predicted octanol–water partition coefficient (Wildman–Crippen LogP) is 0.167. The Balaban J connectivity index is 2.59. The van der Waals surface area contributed by atoms with E-state index in [1.54, 1.807) is 0 Å². The van der Waals surface area contributed by atoms with Crippen LogP contribution in [0.15, 0.2) is 4.99 Å². The molecule has 1 heterocycles. The largest absolute Gasteiger partial charge is 0.393 e. The van der Waals surface area contributed by atoms with Gasteiger partial charge in [0, 0.05) is 5.41 Å². The van der Waals surface area contributed by atoms with Crippen LogP contribution in [0.1, 0.15) is 27.2 Å². The van der Waals surface area contributed by atoms with E-state index < -0.39 is 11.2 Å². The molecule has 3 N–H and O–H groups in total. The fraction of sp³-hybridized carbons (Fsp3) is 0.750. The second-order valence-corrected chi connectivity index (χ2v) is 4.23. The summed E-state index contributed by atoms with van der Waals surface area (Å²) < 4.78 is 0. The number of nitrogens with two attached hydrogens (primary N) is 1. The molecule has 13 heavy (non-hydrogen) atoms. The van der Waals surface area contributed by atoms with Crippen LogP contribution in [0.4, 0.5) is 0 Å². The number of carbonyl (C=O) groups excluding carboxylic acids is 1. The Morgan fingerprint density at radius 1 is 1.69 bits per heavy atom. The van der Waals surface area contributed by atoms with Crippen molar-refractivity contribution in [3.05, 3.63) is 0 Å². The van der Waals surface area contributed by atoms with Crippen molar-refractivity contribution >= 4 is 12.2 Å². The van der Waals surface area contributed by atoms with Gasteiger partial charge in [0.15, 0.2) is 6.40 Å². The van der Waals surface area contributed by atoms with Crippen molar-refractivity contribution < 1.29 is 9.63 Å². The van der Waals surface area contributed by atoms with E-state index in [2.05, 4.69) is 15.3 Å². The van der Waals surface area contributed by atoms with Gasteiger partial charge in [0.05, 0.1) is 6.42 Å². The van der Waals surface area contributed by atoms with Crippen LogP contribution in [0.3, 0.4) is 0 Å². The number of ketones is 1. The highest BCUT2D eigenvalue weighted by Crippen LogP contribution is 2.21. The number of rotatable bonds is 2. The lowest BCUT2D eigenvalue weighted by Crippen LogP contribution is -2.50. The van der Waals surface area contributed by atoms with Gasteiger partial charge in [0.25, 0.3) is 0 Å². The molecule has 0 aliphatic carbocycles. The Morgan fingerprint density at radius 2 is 2.31 bits per heavy atom. The van der Waals surface area contributed by atoms with Crippen LogP contribution in [-0.2, 0) is 9.63 Å². The van der Waals surface area contributed by atoms with Gasteiger partial charge in [-0.25, -0.2) is 4.99 Å². The number of hydroxylamine groups is 1. The van der Waals surface area contributed by atoms with Gasteiger partial charge >= 0.3 is 0 Å². The van der Waals surface area contributed by atoms with E-state index in [0.717, 1.165) is 0 Å². The topological polar surface area (TPSA) is 76.7 Å². The molecule has 0 fully saturated rings. The summed E-state index contributed by atoms with van der Waals surface area (Å²) in [6, 6.07) is 0. The van der Waals surface area contributed by atoms with Gasteiger partial charge in [-0.3, -0.25) is 10.5 Å². The standard InChI is InChI=1S/C8H15N3O2/c1-7(2,3)6(12)4-8(9)10-5-13-11-8/h5,11H,4,9H2,1-3H3. The highest BCUT2D eigenvalue weighted by atomic mass is 16.7. The fourth-order valence-corrected chi connectivity index (χ4v) is 0.867. The Labute approximate surface area is 77.3 Å². The minimum atomic E-state index is -1.08. The molecule has 0 radical (unpaired) electrons. The Morgan fingerprint density at radius 3 is 2.69 bits per heavy atom. The normalized spacial score (nSPS) is 27.4. The molecule has 5 nitrogen and oxygen atoms in total. The van der Waals surface area contributed by atoms with E-state index >= 15 is 0 Å². The van der Waals surface area contributed by atoms with Crippen LogP contribution < -0.4 is 11.2 Å². The average Bonchev–Trinajstić information content (AvgIpc) is 2.33. The molecule has 0 spiro atoms. The molecule has 0 aromatic heterocycles. The van der Waals surface area contributed by atoms with Crippen LogP contribution in [0.5, 0.6) is 0 Å². The maximum Gasteiger partial charge on any atom is 0.203 e. The third kappa shape index (κ3) is 2.50. The summed E-state index contributed by atoms with van der Waals surface area (Å²) in [6.45, 7) is 5.54. The zero-order valence-corrected chi connectivity index (χ0v) is 8.13. The lowest BCUT2D eigenvalue weighted by molar-refractivity contribution is -0.128. The van der Waals surface area contributed by atoms with Crippen molar-refractivity contribution in [2.75, 3.05) is 0 Å². The van der Waals surface area contributed by atoms with Gasteiger partial charge in [-0.05, 0) is 0 Å². The fourth-order valence-electron chi connectivity index (χ4n) is 0.867. The Kier molecular flexibility index (Phi) is 2.40. The van der Waals surface area contributed by atoms with E-state index in [9.17, 15) is 4.79 Å². The molecule has 1 unspecified atom stereocenters. The van der Waals surface area contributed by atoms with Gasteiger partial charge in [-0.1, -0.05) is 20.8 Å². The first-order valence-corrected chi connectivity index (χ1v) is 4.12. The summed E-state index contributed by atoms with van der Waals surface area (Å²) in [5.41, 5.74) is 7.78. The molecule has 5 heteroatoms. The summed E-state index contributed by atoms with van der Waals surface area (Å²) in [6.07, 6.45) is 1.34. The molecule has 0 saturated carbocycles. The molecule has 1 atom stereocenters. The van der Waals surface area contributed by atoms with E-state index in [4.69, 9.17) is 5.73 Å². The zero-order chi connectivity index (χ0) is 10.1. The summed E-state index contributed by atoms with van der Waals surface area (Å²) in [5.74, 6) is -1.03. The van der Waals surface area contributed by atoms with Gasteiger partial charge < -0.3 is 4.84 Å². The molecule has 0 saturated heterocycles. The van der Waals surface area contributed by atoms with Crippen LogP contribution in [0.25, 0.3) is 0 Å². The van der Waals surface area contributed by atoms with Crippen LogP contribution in [0.2, 0.25) is 0 Å². The first kappa shape index (κ1) is 10.1. The number of nitrogens with zero attached hydrogens (tertiary/aromatic N) is 1. The van der Waals surface area contributed by atoms with E-state index in [-0.39, 0.29) is 12.2 Å². The highest BCUT2D eigenvalue weighted by molar-refractivity contribution is 5.84. The van der Waals surface area contributed by atoms with Crippen LogP contribution >= 0.6 is 0 Å². The monoisotopic (exact) mass is 185 g/mol. The quantitative estimate of drug-likeness (QED) is 0.642. The molecule has 0 aromatic rings. The SMILES string of the molecule is CC(C)(C)C(=O)CC1(N)N=CON1. The van der Waals surface area contributed by atoms with E-state index in [1.807, 2.05) is 20.8 Å². The maximum absolute atomic E-state index is 11.6. The van der Waals surface area contributed by atoms with Gasteiger partial charge in [0.2, 0.25) is 5.79 Å². The van der Waals surface area contributed by atoms with Crippen molar-refractivity contribution in [3.8, 4) is 0 Å². The van der Waals surface area contributed by atoms with Crippen molar-refractivity contribution in [2.45, 2.75) is 33.0 Å². The summed E-state index contributed by atoms with van der Waals surface area (Å²) >= 11 is 0. The van der Waals surface area contributed by atoms with Crippen molar-refractivity contribution in [2.24, 2.45) is 16.1 Å². The summed E-state index contributed by atoms with van der Waals surface area (Å²) in [5, 5.41) is 0. The minimum Gasteiger partial charge on any atom is -0.393 e. The average molecular weight is 185 g/mol. The molecular formula is C8H15N3O2. The number of carbonyl (C=O) groups is 1. The highest BCUT2D eigenvalue weighted by Gasteiger charge is 2.35. The molecule has 0 amide bonds. The first-order valence-electron chi connectivity index (χ1n) is 4.12. The second kappa shape index (κ2) is 3.08. The lowest BCUT2D eigenvalue weighted by atomic mass is 9.87. The van der Waals surface area contributed by atoms with Gasteiger partial charge in [0.1, 0.15) is 5.78 Å². The molecule has 1 aliphatic heterocycles. The van der Waals surface area contributed by atoms with Crippen molar-refractivity contribution in [1.82, 2.24) is 5.48 Å². The minimum absolute atomic E-state index is 0.0464. The Hall–Kier alpha value is -0.940. The number of hydrogen-bond donors (Lipinski definition) is 2. The lowest BCUT2D eigenvalue weighted by Gasteiger charge is -2.23. The van der Waals surface area contributed by atoms with E-state index in [1.165, 1.54) is 6.40 Å². The second-order valence-electron chi connectivity index (χ2n) is 4.23. The number of Topliss-reactive ketones (excluding diaryl/α,β-unsaturated/α-hetero) is 1. The van der Waals surface area contributed by atoms with Crippen LogP contribution in [-0.4, -0.2) is 18.0 Å². The van der Waals surface area contributed by atoms with Crippen LogP contribution in [0, 0.1) is 5.41 Å².